The molecule has 0 aliphatic heterocycles. The molecule has 0 saturated heterocycles. The third-order valence-electron chi connectivity index (χ3n) is 2.93. The van der Waals surface area contributed by atoms with Crippen molar-refractivity contribution in [3.63, 3.8) is 0 Å². The zero-order chi connectivity index (χ0) is 16.8. The number of halogens is 2. The van der Waals surface area contributed by atoms with Gasteiger partial charge in [-0.3, -0.25) is 4.68 Å². The van der Waals surface area contributed by atoms with Gasteiger partial charge in [-0.2, -0.15) is 18.9 Å². The lowest BCUT2D eigenvalue weighted by Crippen LogP contribution is -2.00. The van der Waals surface area contributed by atoms with Gasteiger partial charge in [0.05, 0.1) is 6.20 Å². The van der Waals surface area contributed by atoms with E-state index in [4.69, 9.17) is 0 Å². The van der Waals surface area contributed by atoms with Gasteiger partial charge in [-0.15, -0.1) is 0 Å². The summed E-state index contributed by atoms with van der Waals surface area (Å²) in [5.41, 5.74) is 1.03. The van der Waals surface area contributed by atoms with E-state index >= 15 is 0 Å². The third kappa shape index (κ3) is 4.09. The Hall–Kier alpha value is -2.83. The van der Waals surface area contributed by atoms with Crippen LogP contribution in [-0.2, 0) is 7.05 Å². The molecule has 23 heavy (non-hydrogen) atoms. The normalized spacial score (nSPS) is 9.96. The number of pyridine rings is 2. The van der Waals surface area contributed by atoms with Crippen molar-refractivity contribution in [2.75, 3.05) is 5.32 Å². The van der Waals surface area contributed by atoms with Gasteiger partial charge in [-0.25, -0.2) is 4.98 Å². The van der Waals surface area contributed by atoms with E-state index in [9.17, 15) is 8.78 Å². The van der Waals surface area contributed by atoms with Gasteiger partial charge in [0.2, 0.25) is 11.9 Å². The van der Waals surface area contributed by atoms with Crippen molar-refractivity contribution in [2.24, 2.45) is 7.05 Å². The molecule has 3 rings (SSSR count). The summed E-state index contributed by atoms with van der Waals surface area (Å²) in [5, 5.41) is 7.11. The molecule has 0 bridgehead atoms. The fourth-order valence-corrected chi connectivity index (χ4v) is 1.94. The zero-order valence-electron chi connectivity index (χ0n) is 13.1. The van der Waals surface area contributed by atoms with Crippen LogP contribution in [0.3, 0.4) is 0 Å². The molecular weight excluding hydrogens is 300 g/mol. The zero-order valence-corrected chi connectivity index (χ0v) is 13.1. The van der Waals surface area contributed by atoms with Crippen LogP contribution >= 0.6 is 0 Å². The van der Waals surface area contributed by atoms with Crippen molar-refractivity contribution in [1.29, 1.82) is 0 Å². The lowest BCUT2D eigenvalue weighted by atomic mass is 10.1. The molecule has 0 aliphatic rings. The first-order valence-electron chi connectivity index (χ1n) is 7.16. The minimum atomic E-state index is -0.858. The second kappa shape index (κ2) is 7.44. The Kier molecular flexibility index (Phi) is 5.35. The minimum absolute atomic E-state index is 0.399. The molecule has 120 valence electrons. The van der Waals surface area contributed by atoms with E-state index in [1.165, 1.54) is 12.1 Å². The molecule has 0 saturated carbocycles. The first kappa shape index (κ1) is 16.5. The Morgan fingerprint density at radius 1 is 0.957 bits per heavy atom. The van der Waals surface area contributed by atoms with E-state index in [1.807, 2.05) is 13.8 Å². The standard InChI is InChI=1S/C14H11F2N5.C2H6/c1-21-14(3-5-18-21)20-13-8-9(2-4-17-13)10-6-11(15)19-12(16)7-10;1-2/h2-8H,1H3,(H,17,20);1-2H3. The van der Waals surface area contributed by atoms with Gasteiger partial charge in [0.1, 0.15) is 11.6 Å². The van der Waals surface area contributed by atoms with Gasteiger partial charge < -0.3 is 5.32 Å². The maximum absolute atomic E-state index is 13.2. The average molecular weight is 317 g/mol. The van der Waals surface area contributed by atoms with Crippen LogP contribution in [0.4, 0.5) is 20.4 Å². The third-order valence-corrected chi connectivity index (χ3v) is 2.93. The second-order valence-corrected chi connectivity index (χ2v) is 4.40. The SMILES string of the molecule is CC.Cn1nccc1Nc1cc(-c2cc(F)nc(F)c2)ccn1. The molecular formula is C16H17F2N5. The topological polar surface area (TPSA) is 55.6 Å². The summed E-state index contributed by atoms with van der Waals surface area (Å²) in [4.78, 5) is 7.25. The van der Waals surface area contributed by atoms with Gasteiger partial charge in [-0.1, -0.05) is 13.8 Å². The van der Waals surface area contributed by atoms with Gasteiger partial charge in [0, 0.05) is 31.4 Å². The minimum Gasteiger partial charge on any atom is -0.325 e. The van der Waals surface area contributed by atoms with Gasteiger partial charge in [0.25, 0.3) is 0 Å². The highest BCUT2D eigenvalue weighted by Crippen LogP contribution is 2.23. The number of nitrogens with zero attached hydrogens (tertiary/aromatic N) is 4. The highest BCUT2D eigenvalue weighted by molar-refractivity contribution is 5.67. The number of aryl methyl sites for hydroxylation is 1. The maximum Gasteiger partial charge on any atom is 0.216 e. The lowest BCUT2D eigenvalue weighted by molar-refractivity contribution is 0.513. The largest absolute Gasteiger partial charge is 0.325 e. The maximum atomic E-state index is 13.2. The van der Waals surface area contributed by atoms with Gasteiger partial charge >= 0.3 is 0 Å². The fraction of sp³-hybridized carbons (Fsp3) is 0.188. The molecule has 0 fully saturated rings. The summed E-state index contributed by atoms with van der Waals surface area (Å²) < 4.78 is 28.0. The molecule has 0 unspecified atom stereocenters. The Bertz CT molecular complexity index is 765. The van der Waals surface area contributed by atoms with Crippen molar-refractivity contribution in [2.45, 2.75) is 13.8 Å². The summed E-state index contributed by atoms with van der Waals surface area (Å²) >= 11 is 0. The van der Waals surface area contributed by atoms with E-state index in [1.54, 1.807) is 42.3 Å². The first-order valence-corrected chi connectivity index (χ1v) is 7.16. The number of hydrogen-bond acceptors (Lipinski definition) is 4. The van der Waals surface area contributed by atoms with Crippen LogP contribution in [0.15, 0.2) is 42.7 Å². The summed E-state index contributed by atoms with van der Waals surface area (Å²) in [6.07, 6.45) is 3.21. The number of rotatable bonds is 3. The molecule has 5 nitrogen and oxygen atoms in total. The number of nitrogens with one attached hydrogen (secondary N) is 1. The Labute approximate surface area is 133 Å². The summed E-state index contributed by atoms with van der Waals surface area (Å²) in [7, 11) is 1.79. The Morgan fingerprint density at radius 2 is 1.65 bits per heavy atom. The first-order chi connectivity index (χ1) is 11.1. The molecule has 1 N–H and O–H groups in total. The predicted molar refractivity (Wildman–Crippen MR) is 85.2 cm³/mol. The highest BCUT2D eigenvalue weighted by atomic mass is 19.1. The van der Waals surface area contributed by atoms with Crippen LogP contribution in [0, 0.1) is 11.9 Å². The van der Waals surface area contributed by atoms with Crippen molar-refractivity contribution in [3.05, 3.63) is 54.6 Å². The van der Waals surface area contributed by atoms with E-state index < -0.39 is 11.9 Å². The van der Waals surface area contributed by atoms with Crippen LogP contribution < -0.4 is 5.32 Å². The van der Waals surface area contributed by atoms with Crippen LogP contribution in [0.2, 0.25) is 0 Å². The van der Waals surface area contributed by atoms with E-state index in [-0.39, 0.29) is 0 Å². The molecule has 3 heterocycles. The number of anilines is 2. The number of hydrogen-bond donors (Lipinski definition) is 1. The van der Waals surface area contributed by atoms with Crippen molar-refractivity contribution < 1.29 is 8.78 Å². The Balaban J connectivity index is 0.000000924. The molecule has 0 amide bonds. The van der Waals surface area contributed by atoms with Crippen molar-refractivity contribution in [1.82, 2.24) is 19.7 Å². The van der Waals surface area contributed by atoms with Crippen LogP contribution in [0.25, 0.3) is 11.1 Å². The summed E-state index contributed by atoms with van der Waals surface area (Å²) in [6, 6.07) is 7.50. The quantitative estimate of drug-likeness (QED) is 0.744. The van der Waals surface area contributed by atoms with E-state index in [0.29, 0.717) is 16.9 Å². The highest BCUT2D eigenvalue weighted by Gasteiger charge is 2.06. The van der Waals surface area contributed by atoms with E-state index in [2.05, 4.69) is 20.4 Å². The van der Waals surface area contributed by atoms with Gasteiger partial charge in [-0.05, 0) is 23.3 Å². The summed E-state index contributed by atoms with van der Waals surface area (Å²) in [6.45, 7) is 4.00. The molecule has 0 aliphatic carbocycles. The second-order valence-electron chi connectivity index (χ2n) is 4.40. The van der Waals surface area contributed by atoms with Crippen molar-refractivity contribution >= 4 is 11.6 Å². The molecule has 3 aromatic rings. The molecule has 3 aromatic heterocycles. The smallest absolute Gasteiger partial charge is 0.216 e. The van der Waals surface area contributed by atoms with Crippen LogP contribution in [0.1, 0.15) is 13.8 Å². The summed E-state index contributed by atoms with van der Waals surface area (Å²) in [5.74, 6) is -0.411. The number of aromatic nitrogens is 4. The van der Waals surface area contributed by atoms with Crippen LogP contribution in [0.5, 0.6) is 0 Å². The van der Waals surface area contributed by atoms with Crippen molar-refractivity contribution in [3.8, 4) is 11.1 Å². The average Bonchev–Trinajstić information content (AvgIpc) is 2.94. The molecule has 0 spiro atoms. The predicted octanol–water partition coefficient (Wildman–Crippen LogP) is 3.93. The lowest BCUT2D eigenvalue weighted by Gasteiger charge is -2.08. The molecule has 0 aromatic carbocycles. The van der Waals surface area contributed by atoms with Gasteiger partial charge in [0.15, 0.2) is 0 Å². The fourth-order valence-electron chi connectivity index (χ4n) is 1.94. The molecule has 0 radical (unpaired) electrons. The molecule has 7 heteroatoms. The van der Waals surface area contributed by atoms with Crippen LogP contribution in [-0.4, -0.2) is 19.7 Å². The Morgan fingerprint density at radius 3 is 2.26 bits per heavy atom. The monoisotopic (exact) mass is 317 g/mol. The van der Waals surface area contributed by atoms with E-state index in [0.717, 1.165) is 5.82 Å². The molecule has 0 atom stereocenters.